The molecule has 0 heterocycles. The van der Waals surface area contributed by atoms with Crippen LogP contribution >= 0.6 is 0 Å². The molecule has 0 aliphatic heterocycles. The maximum atomic E-state index is 12.7. The Morgan fingerprint density at radius 2 is 0.852 bits per heavy atom. The number of nitrogens with one attached hydrogen (secondary N) is 1. The van der Waals surface area contributed by atoms with E-state index >= 15 is 0 Å². The molecule has 1 unspecified atom stereocenters. The molecule has 0 aliphatic carbocycles. The van der Waals surface area contributed by atoms with Gasteiger partial charge < -0.3 is 15.2 Å². The number of rotatable bonds is 43. The van der Waals surface area contributed by atoms with Crippen LogP contribution in [-0.4, -0.2) is 35.6 Å². The molecule has 0 radical (unpaired) electrons. The number of hydrogen-bond donors (Lipinski definition) is 2. The molecule has 316 valence electrons. The number of carbonyl (C=O) groups is 3. The molecule has 6 nitrogen and oxygen atoms in total. The van der Waals surface area contributed by atoms with Gasteiger partial charge in [-0.15, -0.1) is 0 Å². The second kappa shape index (κ2) is 43.6. The van der Waals surface area contributed by atoms with E-state index in [2.05, 4.69) is 43.5 Å². The summed E-state index contributed by atoms with van der Waals surface area (Å²) in [5.41, 5.74) is 0. The molecule has 54 heavy (non-hydrogen) atoms. The first-order valence-electron chi connectivity index (χ1n) is 23.5. The maximum Gasteiger partial charge on any atom is 0.322 e. The van der Waals surface area contributed by atoms with Crippen LogP contribution in [0, 0.1) is 0 Å². The fraction of sp³-hybridized carbons (Fsp3) is 0.854. The predicted octanol–water partition coefficient (Wildman–Crippen LogP) is 14.7. The Morgan fingerprint density at radius 1 is 0.481 bits per heavy atom. The Balaban J connectivity index is 3.94. The highest BCUT2D eigenvalue weighted by atomic mass is 16.5. The van der Waals surface area contributed by atoms with Crippen LogP contribution < -0.4 is 5.32 Å². The molecular weight excluding hydrogens is 671 g/mol. The summed E-state index contributed by atoms with van der Waals surface area (Å²) in [6, 6.07) is 0. The van der Waals surface area contributed by atoms with Gasteiger partial charge in [-0.3, -0.25) is 14.4 Å². The van der Waals surface area contributed by atoms with Crippen LogP contribution in [-0.2, 0) is 19.1 Å². The lowest BCUT2D eigenvalue weighted by molar-refractivity contribution is -0.147. The Bertz CT molecular complexity index is 884. The quantitative estimate of drug-likeness (QED) is 0.0367. The van der Waals surface area contributed by atoms with Crippen molar-refractivity contribution in [3.8, 4) is 0 Å². The van der Waals surface area contributed by atoms with Crippen molar-refractivity contribution in [3.63, 3.8) is 0 Å². The van der Waals surface area contributed by atoms with Gasteiger partial charge in [-0.1, -0.05) is 193 Å². The van der Waals surface area contributed by atoms with E-state index in [0.717, 1.165) is 64.2 Å². The zero-order valence-corrected chi connectivity index (χ0v) is 35.8. The third-order valence-corrected chi connectivity index (χ3v) is 10.6. The predicted molar refractivity (Wildman–Crippen MR) is 231 cm³/mol. The smallest absolute Gasteiger partial charge is 0.322 e. The second-order valence-corrected chi connectivity index (χ2v) is 16.0. The first-order chi connectivity index (χ1) is 26.5. The summed E-state index contributed by atoms with van der Waals surface area (Å²) in [6.07, 6.45) is 53.4. The van der Waals surface area contributed by atoms with Crippen molar-refractivity contribution in [2.45, 2.75) is 258 Å². The third kappa shape index (κ3) is 42.6. The number of aliphatic carboxylic acids is 1. The van der Waals surface area contributed by atoms with Gasteiger partial charge >= 0.3 is 11.9 Å². The molecule has 0 spiro atoms. The van der Waals surface area contributed by atoms with Crippen molar-refractivity contribution in [2.75, 3.05) is 6.54 Å². The molecule has 2 N–H and O–H groups in total. The minimum Gasteiger partial charge on any atom is -0.480 e. The Hall–Kier alpha value is -2.11. The zero-order chi connectivity index (χ0) is 39.4. The van der Waals surface area contributed by atoms with E-state index in [1.54, 1.807) is 0 Å². The number of amides is 1. The second-order valence-electron chi connectivity index (χ2n) is 16.0. The zero-order valence-electron chi connectivity index (χ0n) is 35.8. The number of carboxylic acids is 1. The monoisotopic (exact) mass is 760 g/mol. The van der Waals surface area contributed by atoms with Crippen LogP contribution in [0.25, 0.3) is 0 Å². The van der Waals surface area contributed by atoms with Gasteiger partial charge in [0, 0.05) is 12.8 Å². The molecule has 0 aromatic rings. The fourth-order valence-electron chi connectivity index (χ4n) is 7.07. The number of hydrogen-bond acceptors (Lipinski definition) is 4. The van der Waals surface area contributed by atoms with E-state index < -0.39 is 5.97 Å². The highest BCUT2D eigenvalue weighted by Crippen LogP contribution is 2.17. The van der Waals surface area contributed by atoms with Gasteiger partial charge in [-0.2, -0.15) is 0 Å². The SMILES string of the molecule is CCCCCCCC/C=C\C(CCCCCCCCC(=O)NCC(=O)O)OC(=O)CCCCCCCCCCCCC/C=C\CCCCCCCCCC. The number of carboxylic acid groups (broad SMARTS) is 1. The molecule has 6 heteroatoms. The number of allylic oxidation sites excluding steroid dienone is 3. The van der Waals surface area contributed by atoms with Crippen molar-refractivity contribution in [2.24, 2.45) is 0 Å². The van der Waals surface area contributed by atoms with E-state index in [-0.39, 0.29) is 24.5 Å². The first kappa shape index (κ1) is 51.9. The van der Waals surface area contributed by atoms with Crippen LogP contribution in [0.4, 0.5) is 0 Å². The summed E-state index contributed by atoms with van der Waals surface area (Å²) in [6.45, 7) is 4.23. The summed E-state index contributed by atoms with van der Waals surface area (Å²) < 4.78 is 5.96. The Morgan fingerprint density at radius 3 is 1.30 bits per heavy atom. The van der Waals surface area contributed by atoms with Gasteiger partial charge in [0.05, 0.1) is 0 Å². The minimum atomic E-state index is -1.01. The van der Waals surface area contributed by atoms with E-state index in [4.69, 9.17) is 9.84 Å². The van der Waals surface area contributed by atoms with Gasteiger partial charge in [-0.25, -0.2) is 0 Å². The average Bonchev–Trinajstić information content (AvgIpc) is 3.16. The lowest BCUT2D eigenvalue weighted by Gasteiger charge is -2.15. The molecule has 0 saturated heterocycles. The van der Waals surface area contributed by atoms with Crippen LogP contribution in [0.5, 0.6) is 0 Å². The van der Waals surface area contributed by atoms with Crippen molar-refractivity contribution in [1.82, 2.24) is 5.32 Å². The summed E-state index contributed by atoms with van der Waals surface area (Å²) in [7, 11) is 0. The number of unbranched alkanes of at least 4 members (excludes halogenated alkanes) is 30. The molecule has 0 bridgehead atoms. The van der Waals surface area contributed by atoms with Crippen molar-refractivity contribution < 1.29 is 24.2 Å². The summed E-state index contributed by atoms with van der Waals surface area (Å²) >= 11 is 0. The molecule has 0 fully saturated rings. The van der Waals surface area contributed by atoms with Crippen molar-refractivity contribution in [3.05, 3.63) is 24.3 Å². The van der Waals surface area contributed by atoms with Gasteiger partial charge in [0.2, 0.25) is 5.91 Å². The van der Waals surface area contributed by atoms with E-state index in [0.29, 0.717) is 12.8 Å². The molecule has 0 saturated carbocycles. The minimum absolute atomic E-state index is 0.0515. The van der Waals surface area contributed by atoms with Crippen LogP contribution in [0.2, 0.25) is 0 Å². The third-order valence-electron chi connectivity index (χ3n) is 10.6. The summed E-state index contributed by atoms with van der Waals surface area (Å²) in [5, 5.41) is 11.1. The van der Waals surface area contributed by atoms with Crippen molar-refractivity contribution >= 4 is 17.8 Å². The molecule has 0 aromatic heterocycles. The number of esters is 1. The fourth-order valence-corrected chi connectivity index (χ4v) is 7.07. The highest BCUT2D eigenvalue weighted by Gasteiger charge is 2.12. The lowest BCUT2D eigenvalue weighted by atomic mass is 10.0. The maximum absolute atomic E-state index is 12.7. The summed E-state index contributed by atoms with van der Waals surface area (Å²) in [4.78, 5) is 34.9. The Kier molecular flexibility index (Phi) is 41.9. The van der Waals surface area contributed by atoms with Gasteiger partial charge in [0.15, 0.2) is 0 Å². The normalized spacial score (nSPS) is 12.2. The van der Waals surface area contributed by atoms with Crippen LogP contribution in [0.1, 0.15) is 251 Å². The highest BCUT2D eigenvalue weighted by molar-refractivity contribution is 5.80. The molecule has 0 aromatic carbocycles. The first-order valence-corrected chi connectivity index (χ1v) is 23.5. The number of ether oxygens (including phenoxy) is 1. The van der Waals surface area contributed by atoms with Crippen LogP contribution in [0.3, 0.4) is 0 Å². The van der Waals surface area contributed by atoms with Crippen molar-refractivity contribution in [1.29, 1.82) is 0 Å². The number of carbonyl (C=O) groups excluding carboxylic acids is 2. The Labute approximate surface area is 334 Å². The lowest BCUT2D eigenvalue weighted by Crippen LogP contribution is -2.28. The standard InChI is InChI=1S/C48H89NO5/c1-3-5-7-9-11-13-14-15-16-17-18-19-20-21-22-23-24-25-26-27-29-35-39-43-48(53)54-45(40-36-32-28-12-10-8-6-4-2)41-37-33-30-31-34-38-42-46(50)49-44-47(51)52/h17-18,36,40,45H,3-16,19-35,37-39,41-44H2,1-2H3,(H,49,50)(H,51,52)/b18-17-,40-36-. The van der Waals surface area contributed by atoms with Gasteiger partial charge in [0.25, 0.3) is 0 Å². The van der Waals surface area contributed by atoms with E-state index in [1.807, 2.05) is 0 Å². The molecule has 0 rings (SSSR count). The van der Waals surface area contributed by atoms with Gasteiger partial charge in [-0.05, 0) is 70.3 Å². The van der Waals surface area contributed by atoms with Gasteiger partial charge in [0.1, 0.15) is 12.6 Å². The molecule has 1 atom stereocenters. The largest absolute Gasteiger partial charge is 0.480 e. The van der Waals surface area contributed by atoms with E-state index in [1.165, 1.54) is 161 Å². The topological polar surface area (TPSA) is 92.7 Å². The van der Waals surface area contributed by atoms with Crippen LogP contribution in [0.15, 0.2) is 24.3 Å². The summed E-state index contributed by atoms with van der Waals surface area (Å²) in [5.74, 6) is -1.26. The molecule has 1 amide bonds. The average molecular weight is 760 g/mol. The molecular formula is C48H89NO5. The van der Waals surface area contributed by atoms with E-state index in [9.17, 15) is 14.4 Å². The molecule has 0 aliphatic rings.